The van der Waals surface area contributed by atoms with Gasteiger partial charge in [0.15, 0.2) is 0 Å². The van der Waals surface area contributed by atoms with E-state index in [-0.39, 0.29) is 24.8 Å². The summed E-state index contributed by atoms with van der Waals surface area (Å²) < 4.78 is 3.31. The summed E-state index contributed by atoms with van der Waals surface area (Å²) in [6.07, 6.45) is 17.1. The first kappa shape index (κ1) is 32.1. The summed E-state index contributed by atoms with van der Waals surface area (Å²) in [5, 5.41) is 0. The van der Waals surface area contributed by atoms with Crippen molar-refractivity contribution in [1.82, 2.24) is 0 Å². The Labute approximate surface area is 278 Å². The van der Waals surface area contributed by atoms with Gasteiger partial charge in [0.1, 0.15) is 0 Å². The molecule has 1 saturated carbocycles. The van der Waals surface area contributed by atoms with Gasteiger partial charge < -0.3 is 24.8 Å². The molecule has 3 aliphatic carbocycles. The van der Waals surface area contributed by atoms with Crippen molar-refractivity contribution in [3.8, 4) is 0 Å². The second-order valence-corrected chi connectivity index (χ2v) is 19.1. The third-order valence-corrected chi connectivity index (χ3v) is 18.5. The number of hydrogen-bond donors (Lipinski definition) is 0. The molecule has 0 radical (unpaired) electrons. The van der Waals surface area contributed by atoms with E-state index in [1.807, 2.05) is 3.21 Å². The molecule has 0 amide bonds. The number of halogens is 2. The van der Waals surface area contributed by atoms with Gasteiger partial charge in [0.25, 0.3) is 0 Å². The van der Waals surface area contributed by atoms with Crippen LogP contribution in [-0.4, -0.2) is 3.21 Å². The molecule has 3 aliphatic rings. The zero-order valence-electron chi connectivity index (χ0n) is 24.8. The van der Waals surface area contributed by atoms with E-state index in [1.165, 1.54) is 43.2 Å². The first-order valence-corrected chi connectivity index (χ1v) is 19.8. The Morgan fingerprint density at radius 3 is 1.35 bits per heavy atom. The minimum Gasteiger partial charge on any atom is -1.00 e. The molecule has 1 fully saturated rings. The van der Waals surface area contributed by atoms with Gasteiger partial charge in [-0.05, 0) is 0 Å². The number of benzene rings is 4. The quantitative estimate of drug-likeness (QED) is 0.261. The van der Waals surface area contributed by atoms with Gasteiger partial charge in [0, 0.05) is 0 Å². The van der Waals surface area contributed by atoms with E-state index in [9.17, 15) is 0 Å². The van der Waals surface area contributed by atoms with Crippen LogP contribution in [0.2, 0.25) is 0 Å². The fourth-order valence-corrected chi connectivity index (χ4v) is 17.7. The van der Waals surface area contributed by atoms with Crippen LogP contribution in [0.4, 0.5) is 0 Å². The summed E-state index contributed by atoms with van der Waals surface area (Å²) in [5.41, 5.74) is 12.5. The Hall–Kier alpha value is -2.31. The fraction of sp³-hybridized carbons (Fsp3) is 0.275. The van der Waals surface area contributed by atoms with Crippen LogP contribution in [0.3, 0.4) is 0 Å². The molecule has 0 N–H and O–H groups in total. The molecule has 43 heavy (non-hydrogen) atoms. The molecule has 0 aliphatic heterocycles. The number of rotatable bonds is 8. The fourth-order valence-electron chi connectivity index (χ4n) is 7.58. The standard InChI is InChI=1S/2C17H15.C6H10.2ClH.Zr/c2*1-2-6-14(7-3-1)10-11-16-13-12-15-8-4-5-9-17(15)16;1-2-4-6-5-3-1;;;/h2*1-9,12-13H,10-11H2;1-5H2;2*1H;/q;;;;;+2/p-2. The first-order valence-electron chi connectivity index (χ1n) is 15.7. The maximum atomic E-state index is 2.78. The molecule has 0 spiro atoms. The van der Waals surface area contributed by atoms with Crippen molar-refractivity contribution in [3.05, 3.63) is 155 Å². The van der Waals surface area contributed by atoms with E-state index in [2.05, 4.69) is 121 Å². The number of allylic oxidation sites excluding steroid dienone is 4. The summed E-state index contributed by atoms with van der Waals surface area (Å²) in [6, 6.07) is 41.1. The third-order valence-electron chi connectivity index (χ3n) is 9.61. The summed E-state index contributed by atoms with van der Waals surface area (Å²) in [6.45, 7) is 0. The molecule has 4 aromatic rings. The van der Waals surface area contributed by atoms with E-state index in [0.29, 0.717) is 7.25 Å². The van der Waals surface area contributed by atoms with Gasteiger partial charge in [0.05, 0.1) is 0 Å². The number of hydrogen-bond acceptors (Lipinski definition) is 0. The van der Waals surface area contributed by atoms with Gasteiger partial charge in [-0.3, -0.25) is 0 Å². The van der Waals surface area contributed by atoms with Crippen LogP contribution in [0.25, 0.3) is 11.1 Å². The van der Waals surface area contributed by atoms with Crippen LogP contribution in [0.5, 0.6) is 0 Å². The van der Waals surface area contributed by atoms with Crippen LogP contribution in [0, 0.1) is 0 Å². The van der Waals surface area contributed by atoms with Crippen molar-refractivity contribution >= 4 is 14.4 Å². The summed E-state index contributed by atoms with van der Waals surface area (Å²) in [7, 11) is 0. The topological polar surface area (TPSA) is 0 Å². The predicted molar refractivity (Wildman–Crippen MR) is 172 cm³/mol. The average Bonchev–Trinajstić information content (AvgIpc) is 3.59. The maximum absolute atomic E-state index is 2.78. The molecule has 2 atom stereocenters. The SMILES string of the molecule is C1=C(CCc2ccccc2)c2ccccc2[CH]1[Zr+2](=[C]1CCCCC1)[CH]1C=C(CCc2ccccc2)c2ccccc21.[Cl-].[Cl-]. The Kier molecular flexibility index (Phi) is 11.3. The average molecular weight is 683 g/mol. The van der Waals surface area contributed by atoms with Crippen molar-refractivity contribution < 1.29 is 46.1 Å². The van der Waals surface area contributed by atoms with E-state index >= 15 is 0 Å². The molecule has 4 aromatic carbocycles. The zero-order chi connectivity index (χ0) is 27.4. The van der Waals surface area contributed by atoms with Crippen molar-refractivity contribution in [3.63, 3.8) is 0 Å². The zero-order valence-corrected chi connectivity index (χ0v) is 28.8. The van der Waals surface area contributed by atoms with E-state index in [0.717, 1.165) is 25.7 Å². The second-order valence-electron chi connectivity index (χ2n) is 12.1. The first-order chi connectivity index (χ1) is 20.3. The van der Waals surface area contributed by atoms with Crippen LogP contribution in [0.1, 0.15) is 85.6 Å². The summed E-state index contributed by atoms with van der Waals surface area (Å²) in [5.74, 6) is 0. The van der Waals surface area contributed by atoms with Crippen LogP contribution in [-0.2, 0) is 34.1 Å². The summed E-state index contributed by atoms with van der Waals surface area (Å²) in [4.78, 5) is 0. The normalized spacial score (nSPS) is 18.3. The number of aryl methyl sites for hydroxylation is 2. The largest absolute Gasteiger partial charge is 1.00 e. The van der Waals surface area contributed by atoms with Gasteiger partial charge >= 0.3 is 255 Å². The smallest absolute Gasteiger partial charge is 1.00 e. The van der Waals surface area contributed by atoms with Gasteiger partial charge in [-0.25, -0.2) is 0 Å². The Bertz CT molecular complexity index is 1500. The van der Waals surface area contributed by atoms with Gasteiger partial charge in [-0.15, -0.1) is 0 Å². The predicted octanol–water partition coefficient (Wildman–Crippen LogP) is 4.29. The number of fused-ring (bicyclic) bond motifs is 2. The molecular weight excluding hydrogens is 643 g/mol. The second kappa shape index (κ2) is 15.1. The monoisotopic (exact) mass is 680 g/mol. The molecule has 0 aromatic heterocycles. The molecule has 0 heterocycles. The minimum absolute atomic E-state index is 0. The molecule has 0 bridgehead atoms. The Morgan fingerprint density at radius 1 is 0.465 bits per heavy atom. The van der Waals surface area contributed by atoms with E-state index < -0.39 is 21.3 Å². The molecule has 2 unspecified atom stereocenters. The van der Waals surface area contributed by atoms with Gasteiger partial charge in [0.2, 0.25) is 0 Å². The molecule has 218 valence electrons. The van der Waals surface area contributed by atoms with Crippen molar-refractivity contribution in [2.45, 2.75) is 65.0 Å². The molecule has 0 saturated heterocycles. The molecule has 0 nitrogen and oxygen atoms in total. The van der Waals surface area contributed by atoms with Crippen molar-refractivity contribution in [2.75, 3.05) is 0 Å². The van der Waals surface area contributed by atoms with Crippen molar-refractivity contribution in [1.29, 1.82) is 0 Å². The maximum Gasteiger partial charge on any atom is -1.00 e. The van der Waals surface area contributed by atoms with Crippen molar-refractivity contribution in [2.24, 2.45) is 0 Å². The Balaban J connectivity index is 0.00000184. The summed E-state index contributed by atoms with van der Waals surface area (Å²) >= 11 is -2.21. The van der Waals surface area contributed by atoms with Gasteiger partial charge in [-0.1, -0.05) is 0 Å². The molecular formula is C40H40Cl2Zr. The van der Waals surface area contributed by atoms with E-state index in [1.54, 1.807) is 33.4 Å². The third kappa shape index (κ3) is 7.01. The van der Waals surface area contributed by atoms with Crippen LogP contribution in [0.15, 0.2) is 121 Å². The molecule has 3 heteroatoms. The van der Waals surface area contributed by atoms with Crippen LogP contribution < -0.4 is 24.8 Å². The molecule has 7 rings (SSSR count). The minimum atomic E-state index is -2.21. The van der Waals surface area contributed by atoms with Gasteiger partial charge in [-0.2, -0.15) is 0 Å². The van der Waals surface area contributed by atoms with E-state index in [4.69, 9.17) is 0 Å². The Morgan fingerprint density at radius 2 is 0.884 bits per heavy atom. The van der Waals surface area contributed by atoms with Crippen LogP contribution >= 0.6 is 0 Å².